The van der Waals surface area contributed by atoms with Gasteiger partial charge >= 0.3 is 0 Å². The molecule has 2 heteroatoms. The summed E-state index contributed by atoms with van der Waals surface area (Å²) in [6.45, 7) is 1.59. The van der Waals surface area contributed by atoms with Crippen molar-refractivity contribution >= 4 is 15.9 Å². The average molecular weight is 267 g/mol. The van der Waals surface area contributed by atoms with Crippen LogP contribution in [0.3, 0.4) is 0 Å². The summed E-state index contributed by atoms with van der Waals surface area (Å²) in [7, 11) is 0. The molecule has 3 rings (SSSR count). The molecule has 1 fully saturated rings. The van der Waals surface area contributed by atoms with Gasteiger partial charge in [0.15, 0.2) is 0 Å². The molecule has 0 saturated heterocycles. The van der Waals surface area contributed by atoms with E-state index in [2.05, 4.69) is 34.1 Å². The Morgan fingerprint density at radius 3 is 2.87 bits per heavy atom. The van der Waals surface area contributed by atoms with Crippen LogP contribution >= 0.6 is 15.9 Å². The van der Waals surface area contributed by atoms with Crippen LogP contribution in [-0.4, -0.2) is 0 Å². The van der Waals surface area contributed by atoms with E-state index < -0.39 is 0 Å². The molecular formula is C13H15BrO. The molecule has 1 aromatic rings. The molecule has 0 aromatic heterocycles. The SMILES string of the molecule is BrC(CC1CC1)c1ccc2c(c1)COC2. The third-order valence-corrected chi connectivity index (χ3v) is 4.25. The molecule has 2 aliphatic rings. The first-order valence-electron chi connectivity index (χ1n) is 5.66. The fourth-order valence-electron chi connectivity index (χ4n) is 2.17. The first-order valence-corrected chi connectivity index (χ1v) is 6.58. The molecule has 15 heavy (non-hydrogen) atoms. The van der Waals surface area contributed by atoms with Crippen LogP contribution in [0.25, 0.3) is 0 Å². The van der Waals surface area contributed by atoms with E-state index in [-0.39, 0.29) is 0 Å². The lowest BCUT2D eigenvalue weighted by molar-refractivity contribution is 0.134. The maximum atomic E-state index is 5.43. The maximum absolute atomic E-state index is 5.43. The van der Waals surface area contributed by atoms with Crippen LogP contribution in [-0.2, 0) is 18.0 Å². The van der Waals surface area contributed by atoms with Gasteiger partial charge in [0.25, 0.3) is 0 Å². The first kappa shape index (κ1) is 9.86. The number of fused-ring (bicyclic) bond motifs is 1. The van der Waals surface area contributed by atoms with Gasteiger partial charge in [-0.15, -0.1) is 0 Å². The van der Waals surface area contributed by atoms with Gasteiger partial charge in [-0.1, -0.05) is 47.0 Å². The maximum Gasteiger partial charge on any atom is 0.0725 e. The number of hydrogen-bond acceptors (Lipinski definition) is 1. The molecule has 1 nitrogen and oxygen atoms in total. The van der Waals surface area contributed by atoms with Crippen molar-refractivity contribution < 1.29 is 4.74 Å². The van der Waals surface area contributed by atoms with E-state index in [9.17, 15) is 0 Å². The Balaban J connectivity index is 1.78. The average Bonchev–Trinajstić information content (AvgIpc) is 2.94. The molecule has 1 saturated carbocycles. The molecule has 80 valence electrons. The first-order chi connectivity index (χ1) is 7.33. The normalized spacial score (nSPS) is 21.4. The van der Waals surface area contributed by atoms with Gasteiger partial charge in [0, 0.05) is 4.83 Å². The number of alkyl halides is 1. The molecule has 0 amide bonds. The molecule has 1 aliphatic heterocycles. The molecule has 0 spiro atoms. The predicted octanol–water partition coefficient (Wildman–Crippen LogP) is 3.95. The predicted molar refractivity (Wildman–Crippen MR) is 63.9 cm³/mol. The molecule has 1 atom stereocenters. The summed E-state index contributed by atoms with van der Waals surface area (Å²) in [4.78, 5) is 0.538. The van der Waals surface area contributed by atoms with Crippen molar-refractivity contribution in [2.24, 2.45) is 5.92 Å². The van der Waals surface area contributed by atoms with Crippen LogP contribution in [0, 0.1) is 5.92 Å². The summed E-state index contributed by atoms with van der Waals surface area (Å²) >= 11 is 3.79. The van der Waals surface area contributed by atoms with Crippen molar-refractivity contribution in [3.8, 4) is 0 Å². The van der Waals surface area contributed by atoms with Gasteiger partial charge in [0.2, 0.25) is 0 Å². The molecule has 1 unspecified atom stereocenters. The van der Waals surface area contributed by atoms with Crippen LogP contribution in [0.4, 0.5) is 0 Å². The van der Waals surface area contributed by atoms with E-state index in [0.29, 0.717) is 4.83 Å². The van der Waals surface area contributed by atoms with Gasteiger partial charge in [-0.3, -0.25) is 0 Å². The van der Waals surface area contributed by atoms with Crippen molar-refractivity contribution in [2.45, 2.75) is 37.3 Å². The zero-order valence-electron chi connectivity index (χ0n) is 8.71. The molecule has 0 radical (unpaired) electrons. The minimum atomic E-state index is 0.538. The van der Waals surface area contributed by atoms with Crippen molar-refractivity contribution in [1.29, 1.82) is 0 Å². The van der Waals surface area contributed by atoms with Crippen LogP contribution in [0.5, 0.6) is 0 Å². The van der Waals surface area contributed by atoms with E-state index in [1.54, 1.807) is 0 Å². The van der Waals surface area contributed by atoms with Gasteiger partial charge in [-0.25, -0.2) is 0 Å². The molecule has 0 bridgehead atoms. The highest BCUT2D eigenvalue weighted by Gasteiger charge is 2.25. The monoisotopic (exact) mass is 266 g/mol. The Bertz CT molecular complexity index is 371. The van der Waals surface area contributed by atoms with Crippen LogP contribution in [0.2, 0.25) is 0 Å². The van der Waals surface area contributed by atoms with E-state index in [1.807, 2.05) is 0 Å². The minimum absolute atomic E-state index is 0.538. The largest absolute Gasteiger partial charge is 0.372 e. The molecule has 1 aliphatic carbocycles. The number of ether oxygens (including phenoxy) is 1. The van der Waals surface area contributed by atoms with Crippen LogP contribution < -0.4 is 0 Å². The topological polar surface area (TPSA) is 9.23 Å². The summed E-state index contributed by atoms with van der Waals surface area (Å²) in [5, 5.41) is 0. The van der Waals surface area contributed by atoms with Crippen molar-refractivity contribution in [3.63, 3.8) is 0 Å². The van der Waals surface area contributed by atoms with Gasteiger partial charge in [0.1, 0.15) is 0 Å². The van der Waals surface area contributed by atoms with Crippen LogP contribution in [0.1, 0.15) is 40.8 Å². The van der Waals surface area contributed by atoms with Gasteiger partial charge in [-0.05, 0) is 29.0 Å². The standard InChI is InChI=1S/C13H15BrO/c14-13(5-9-1-2-9)10-3-4-11-7-15-8-12(11)6-10/h3-4,6,9,13H,1-2,5,7-8H2. The van der Waals surface area contributed by atoms with Gasteiger partial charge in [0.05, 0.1) is 13.2 Å². The third-order valence-electron chi connectivity index (χ3n) is 3.34. The quantitative estimate of drug-likeness (QED) is 0.753. The lowest BCUT2D eigenvalue weighted by atomic mass is 10.0. The zero-order valence-corrected chi connectivity index (χ0v) is 10.3. The number of hydrogen-bond donors (Lipinski definition) is 0. The van der Waals surface area contributed by atoms with E-state index in [0.717, 1.165) is 19.1 Å². The third kappa shape index (κ3) is 2.11. The summed E-state index contributed by atoms with van der Waals surface area (Å²) < 4.78 is 5.43. The van der Waals surface area contributed by atoms with E-state index >= 15 is 0 Å². The van der Waals surface area contributed by atoms with Crippen molar-refractivity contribution in [2.75, 3.05) is 0 Å². The van der Waals surface area contributed by atoms with Gasteiger partial charge in [-0.2, -0.15) is 0 Å². The Morgan fingerprint density at radius 1 is 1.27 bits per heavy atom. The summed E-state index contributed by atoms with van der Waals surface area (Å²) in [6.07, 6.45) is 4.14. The van der Waals surface area contributed by atoms with Gasteiger partial charge < -0.3 is 4.74 Å². The molecule has 0 N–H and O–H groups in total. The minimum Gasteiger partial charge on any atom is -0.372 e. The zero-order chi connectivity index (χ0) is 10.3. The lowest BCUT2D eigenvalue weighted by Crippen LogP contribution is -1.93. The lowest BCUT2D eigenvalue weighted by Gasteiger charge is -2.10. The molecular weight excluding hydrogens is 252 g/mol. The van der Waals surface area contributed by atoms with Crippen molar-refractivity contribution in [3.05, 3.63) is 34.9 Å². The van der Waals surface area contributed by atoms with Crippen molar-refractivity contribution in [1.82, 2.24) is 0 Å². The Morgan fingerprint density at radius 2 is 2.07 bits per heavy atom. The fourth-order valence-corrected chi connectivity index (χ4v) is 2.98. The van der Waals surface area contributed by atoms with E-state index in [1.165, 1.54) is 36.0 Å². The van der Waals surface area contributed by atoms with E-state index in [4.69, 9.17) is 4.74 Å². The number of benzene rings is 1. The summed E-state index contributed by atoms with van der Waals surface area (Å²) in [5.74, 6) is 0.971. The second-order valence-corrected chi connectivity index (χ2v) is 5.77. The molecule has 1 aromatic carbocycles. The van der Waals surface area contributed by atoms with Crippen LogP contribution in [0.15, 0.2) is 18.2 Å². The summed E-state index contributed by atoms with van der Waals surface area (Å²) in [6, 6.07) is 6.78. The second-order valence-electron chi connectivity index (χ2n) is 4.67. The highest BCUT2D eigenvalue weighted by molar-refractivity contribution is 9.09. The Labute approximate surface area is 99.0 Å². The smallest absolute Gasteiger partial charge is 0.0725 e. The fraction of sp³-hybridized carbons (Fsp3) is 0.538. The number of rotatable bonds is 3. The number of halogens is 1. The highest BCUT2D eigenvalue weighted by atomic mass is 79.9. The second kappa shape index (κ2) is 3.91. The Hall–Kier alpha value is -0.340. The summed E-state index contributed by atoms with van der Waals surface area (Å²) in [5.41, 5.74) is 4.17. The Kier molecular flexibility index (Phi) is 2.57. The highest BCUT2D eigenvalue weighted by Crippen LogP contribution is 2.41. The molecule has 1 heterocycles.